The number of hydrogen-bond donors (Lipinski definition) is 1. The molecule has 2 rings (SSSR count). The first-order valence-electron chi connectivity index (χ1n) is 7.47. The Kier molecular flexibility index (Phi) is 7.00. The molecule has 1 aliphatic heterocycles. The van der Waals surface area contributed by atoms with Crippen LogP contribution in [-0.4, -0.2) is 25.9 Å². The SMILES string of the molecule is CCNCc1ccc(COCC2CCCCO2)c(Br)c1. The van der Waals surface area contributed by atoms with Gasteiger partial charge in [0.05, 0.1) is 19.3 Å². The maximum Gasteiger partial charge on any atom is 0.0808 e. The van der Waals surface area contributed by atoms with Gasteiger partial charge in [-0.15, -0.1) is 0 Å². The van der Waals surface area contributed by atoms with Crippen molar-refractivity contribution in [3.05, 3.63) is 33.8 Å². The quantitative estimate of drug-likeness (QED) is 0.821. The summed E-state index contributed by atoms with van der Waals surface area (Å²) in [6.45, 7) is 6.24. The molecule has 4 heteroatoms. The second-order valence-corrected chi connectivity index (χ2v) is 6.06. The van der Waals surface area contributed by atoms with E-state index >= 15 is 0 Å². The van der Waals surface area contributed by atoms with Gasteiger partial charge in [0.15, 0.2) is 0 Å². The Morgan fingerprint density at radius 3 is 3.00 bits per heavy atom. The maximum absolute atomic E-state index is 5.79. The van der Waals surface area contributed by atoms with Crippen molar-refractivity contribution in [1.29, 1.82) is 0 Å². The minimum absolute atomic E-state index is 0.288. The second kappa shape index (κ2) is 8.78. The molecule has 0 saturated carbocycles. The molecule has 1 N–H and O–H groups in total. The predicted molar refractivity (Wildman–Crippen MR) is 84.8 cm³/mol. The van der Waals surface area contributed by atoms with E-state index in [-0.39, 0.29) is 6.10 Å². The van der Waals surface area contributed by atoms with E-state index < -0.39 is 0 Å². The lowest BCUT2D eigenvalue weighted by atomic mass is 10.1. The van der Waals surface area contributed by atoms with Crippen LogP contribution in [0.3, 0.4) is 0 Å². The first-order chi connectivity index (χ1) is 9.79. The van der Waals surface area contributed by atoms with Gasteiger partial charge in [-0.2, -0.15) is 0 Å². The monoisotopic (exact) mass is 341 g/mol. The Morgan fingerprint density at radius 2 is 2.30 bits per heavy atom. The Morgan fingerprint density at radius 1 is 1.40 bits per heavy atom. The van der Waals surface area contributed by atoms with E-state index in [0.717, 1.165) is 30.6 Å². The van der Waals surface area contributed by atoms with E-state index in [9.17, 15) is 0 Å². The molecule has 1 heterocycles. The van der Waals surface area contributed by atoms with E-state index in [4.69, 9.17) is 9.47 Å². The molecule has 20 heavy (non-hydrogen) atoms. The first-order valence-corrected chi connectivity index (χ1v) is 8.26. The molecule has 0 spiro atoms. The van der Waals surface area contributed by atoms with Crippen LogP contribution >= 0.6 is 15.9 Å². The zero-order chi connectivity index (χ0) is 14.2. The van der Waals surface area contributed by atoms with Crippen LogP contribution in [0.25, 0.3) is 0 Å². The van der Waals surface area contributed by atoms with Gasteiger partial charge in [-0.25, -0.2) is 0 Å². The van der Waals surface area contributed by atoms with E-state index in [1.807, 2.05) is 0 Å². The second-order valence-electron chi connectivity index (χ2n) is 5.21. The molecule has 0 amide bonds. The summed E-state index contributed by atoms with van der Waals surface area (Å²) in [4.78, 5) is 0. The molecule has 1 aromatic carbocycles. The first kappa shape index (κ1) is 16.0. The van der Waals surface area contributed by atoms with Crippen LogP contribution < -0.4 is 5.32 Å². The number of rotatable bonds is 7. The molecule has 1 aromatic rings. The summed E-state index contributed by atoms with van der Waals surface area (Å²) >= 11 is 3.63. The number of halogens is 1. The van der Waals surface area contributed by atoms with Crippen molar-refractivity contribution in [3.63, 3.8) is 0 Å². The van der Waals surface area contributed by atoms with Crippen LogP contribution in [0.4, 0.5) is 0 Å². The fourth-order valence-electron chi connectivity index (χ4n) is 2.33. The molecular weight excluding hydrogens is 318 g/mol. The van der Waals surface area contributed by atoms with Gasteiger partial charge in [-0.3, -0.25) is 0 Å². The average molecular weight is 342 g/mol. The fourth-order valence-corrected chi connectivity index (χ4v) is 2.87. The van der Waals surface area contributed by atoms with E-state index in [1.54, 1.807) is 0 Å². The Balaban J connectivity index is 1.77. The van der Waals surface area contributed by atoms with Crippen LogP contribution in [0.5, 0.6) is 0 Å². The number of nitrogens with one attached hydrogen (secondary N) is 1. The highest BCUT2D eigenvalue weighted by Crippen LogP contribution is 2.20. The molecular formula is C16H24BrNO2. The van der Waals surface area contributed by atoms with Crippen molar-refractivity contribution >= 4 is 15.9 Å². The van der Waals surface area contributed by atoms with E-state index in [2.05, 4.69) is 46.4 Å². The van der Waals surface area contributed by atoms with Crippen molar-refractivity contribution < 1.29 is 9.47 Å². The third-order valence-corrected chi connectivity index (χ3v) is 4.27. The average Bonchev–Trinajstić information content (AvgIpc) is 2.48. The largest absolute Gasteiger partial charge is 0.376 e. The number of benzene rings is 1. The van der Waals surface area contributed by atoms with Gasteiger partial charge < -0.3 is 14.8 Å². The smallest absolute Gasteiger partial charge is 0.0808 e. The van der Waals surface area contributed by atoms with Gasteiger partial charge >= 0.3 is 0 Å². The van der Waals surface area contributed by atoms with Gasteiger partial charge in [0.25, 0.3) is 0 Å². The Bertz CT molecular complexity index is 405. The highest BCUT2D eigenvalue weighted by molar-refractivity contribution is 9.10. The van der Waals surface area contributed by atoms with Crippen LogP contribution in [0.1, 0.15) is 37.3 Å². The maximum atomic E-state index is 5.79. The van der Waals surface area contributed by atoms with Crippen molar-refractivity contribution in [2.24, 2.45) is 0 Å². The molecule has 112 valence electrons. The molecule has 0 radical (unpaired) electrons. The van der Waals surface area contributed by atoms with Gasteiger partial charge in [0.1, 0.15) is 0 Å². The summed E-state index contributed by atoms with van der Waals surface area (Å²) in [5, 5.41) is 3.33. The van der Waals surface area contributed by atoms with E-state index in [1.165, 1.54) is 24.0 Å². The minimum atomic E-state index is 0.288. The Labute approximate surface area is 130 Å². The molecule has 1 unspecified atom stereocenters. The summed E-state index contributed by atoms with van der Waals surface area (Å²) in [7, 11) is 0. The molecule has 0 aromatic heterocycles. The van der Waals surface area contributed by atoms with Crippen molar-refractivity contribution in [2.75, 3.05) is 19.8 Å². The molecule has 1 fully saturated rings. The summed E-state index contributed by atoms with van der Waals surface area (Å²) in [6.07, 6.45) is 3.87. The van der Waals surface area contributed by atoms with E-state index in [0.29, 0.717) is 13.2 Å². The molecule has 0 bridgehead atoms. The predicted octanol–water partition coefficient (Wildman–Crippen LogP) is 3.64. The van der Waals surface area contributed by atoms with Gasteiger partial charge in [-0.1, -0.05) is 35.0 Å². The third kappa shape index (κ3) is 5.17. The summed E-state index contributed by atoms with van der Waals surface area (Å²) < 4.78 is 12.6. The van der Waals surface area contributed by atoms with Crippen LogP contribution in [0.15, 0.2) is 22.7 Å². The normalized spacial score (nSPS) is 19.2. The number of ether oxygens (including phenoxy) is 2. The van der Waals surface area contributed by atoms with Crippen LogP contribution in [0, 0.1) is 0 Å². The highest BCUT2D eigenvalue weighted by atomic mass is 79.9. The summed E-state index contributed by atoms with van der Waals surface area (Å²) in [6, 6.07) is 6.46. The van der Waals surface area contributed by atoms with Crippen LogP contribution in [0.2, 0.25) is 0 Å². The lowest BCUT2D eigenvalue weighted by Crippen LogP contribution is -2.24. The molecule has 0 aliphatic carbocycles. The fraction of sp³-hybridized carbons (Fsp3) is 0.625. The van der Waals surface area contributed by atoms with Gasteiger partial charge in [0, 0.05) is 17.6 Å². The lowest BCUT2D eigenvalue weighted by molar-refractivity contribution is -0.0448. The van der Waals surface area contributed by atoms with Gasteiger partial charge in [0.2, 0.25) is 0 Å². The van der Waals surface area contributed by atoms with Crippen molar-refractivity contribution in [3.8, 4) is 0 Å². The minimum Gasteiger partial charge on any atom is -0.376 e. The summed E-state index contributed by atoms with van der Waals surface area (Å²) in [5.41, 5.74) is 2.49. The zero-order valence-electron chi connectivity index (χ0n) is 12.2. The highest BCUT2D eigenvalue weighted by Gasteiger charge is 2.13. The molecule has 1 atom stereocenters. The Hall–Kier alpha value is -0.420. The molecule has 1 saturated heterocycles. The topological polar surface area (TPSA) is 30.5 Å². The van der Waals surface area contributed by atoms with Crippen molar-refractivity contribution in [2.45, 2.75) is 45.4 Å². The lowest BCUT2D eigenvalue weighted by Gasteiger charge is -2.22. The summed E-state index contributed by atoms with van der Waals surface area (Å²) in [5.74, 6) is 0. The third-order valence-electron chi connectivity index (χ3n) is 3.53. The van der Waals surface area contributed by atoms with Gasteiger partial charge in [-0.05, 0) is 43.0 Å². The molecule has 1 aliphatic rings. The van der Waals surface area contributed by atoms with Crippen molar-refractivity contribution in [1.82, 2.24) is 5.32 Å². The molecule has 3 nitrogen and oxygen atoms in total. The van der Waals surface area contributed by atoms with Crippen LogP contribution in [-0.2, 0) is 22.6 Å². The standard InChI is InChI=1S/C16H24BrNO2/c1-2-18-10-13-6-7-14(16(17)9-13)11-19-12-15-5-3-4-8-20-15/h6-7,9,15,18H,2-5,8,10-12H2,1H3. The number of hydrogen-bond acceptors (Lipinski definition) is 3. The zero-order valence-corrected chi connectivity index (χ0v) is 13.7.